The molecule has 2 rings (SSSR count). The Morgan fingerprint density at radius 1 is 1.27 bits per heavy atom. The van der Waals surface area contributed by atoms with Crippen LogP contribution in [-0.4, -0.2) is 16.2 Å². The van der Waals surface area contributed by atoms with Crippen molar-refractivity contribution in [3.05, 3.63) is 29.3 Å². The number of carboxylic acid groups (broad SMARTS) is 1. The number of aromatic carboxylic acids is 1. The summed E-state index contributed by atoms with van der Waals surface area (Å²) in [5.41, 5.74) is 0.333. The van der Waals surface area contributed by atoms with Crippen molar-refractivity contribution in [2.75, 3.05) is 0 Å². The first-order valence-electron chi connectivity index (χ1n) is 4.04. The van der Waals surface area contributed by atoms with Crippen LogP contribution in [0.5, 0.6) is 5.75 Å². The van der Waals surface area contributed by atoms with Crippen molar-refractivity contribution < 1.29 is 15.0 Å². The van der Waals surface area contributed by atoms with Gasteiger partial charge in [-0.2, -0.15) is 0 Å². The summed E-state index contributed by atoms with van der Waals surface area (Å²) >= 11 is 0. The summed E-state index contributed by atoms with van der Waals surface area (Å²) in [6, 6.07) is 4.10. The highest BCUT2D eigenvalue weighted by atomic mass is 16.4. The molecule has 0 fully saturated rings. The largest absolute Gasteiger partial charge is 0.507 e. The average Bonchev–Trinajstić information content (AvgIpc) is 2.71. The van der Waals surface area contributed by atoms with Gasteiger partial charge in [0.1, 0.15) is 11.3 Å². The third-order valence-electron chi connectivity index (χ3n) is 1.91. The van der Waals surface area contributed by atoms with E-state index in [-0.39, 0.29) is 11.3 Å². The van der Waals surface area contributed by atoms with E-state index in [9.17, 15) is 9.90 Å². The van der Waals surface area contributed by atoms with Crippen molar-refractivity contribution in [2.24, 2.45) is 20.7 Å². The van der Waals surface area contributed by atoms with Crippen LogP contribution in [0.15, 0.2) is 38.9 Å². The van der Waals surface area contributed by atoms with Gasteiger partial charge in [-0.25, -0.2) is 4.79 Å². The van der Waals surface area contributed by atoms with Crippen LogP contribution in [0.4, 0.5) is 0 Å². The van der Waals surface area contributed by atoms with E-state index in [1.807, 2.05) is 0 Å². The van der Waals surface area contributed by atoms with E-state index < -0.39 is 12.1 Å². The lowest BCUT2D eigenvalue weighted by Gasteiger charge is -2.04. The van der Waals surface area contributed by atoms with Gasteiger partial charge in [0.05, 0.1) is 0 Å². The van der Waals surface area contributed by atoms with Crippen LogP contribution in [0.1, 0.15) is 22.1 Å². The van der Waals surface area contributed by atoms with Gasteiger partial charge in [0.15, 0.2) is 0 Å². The molecule has 0 aliphatic carbocycles. The van der Waals surface area contributed by atoms with Crippen molar-refractivity contribution in [1.29, 1.82) is 0 Å². The summed E-state index contributed by atoms with van der Waals surface area (Å²) in [5.74, 6) is -1.50. The van der Waals surface area contributed by atoms with Gasteiger partial charge in [-0.3, -0.25) is 0 Å². The van der Waals surface area contributed by atoms with Gasteiger partial charge in [-0.15, -0.1) is 10.2 Å². The number of carboxylic acids is 1. The molecule has 0 amide bonds. The van der Waals surface area contributed by atoms with Gasteiger partial charge in [0.2, 0.25) is 6.17 Å². The van der Waals surface area contributed by atoms with Crippen LogP contribution in [0, 0.1) is 0 Å². The average molecular weight is 206 g/mol. The molecule has 1 aromatic rings. The number of aromatic hydroxyl groups is 1. The van der Waals surface area contributed by atoms with Crippen LogP contribution in [0.2, 0.25) is 0 Å². The zero-order chi connectivity index (χ0) is 10.8. The van der Waals surface area contributed by atoms with Gasteiger partial charge >= 0.3 is 5.97 Å². The quantitative estimate of drug-likeness (QED) is 0.771. The molecule has 7 heteroatoms. The van der Waals surface area contributed by atoms with Crippen molar-refractivity contribution in [3.63, 3.8) is 0 Å². The molecule has 1 heterocycles. The molecule has 0 saturated heterocycles. The summed E-state index contributed by atoms with van der Waals surface area (Å²) < 4.78 is 0. The molecule has 1 aliphatic rings. The first kappa shape index (κ1) is 9.25. The molecule has 0 spiro atoms. The maximum atomic E-state index is 10.7. The van der Waals surface area contributed by atoms with Gasteiger partial charge in [0, 0.05) is 5.56 Å². The molecular weight excluding hydrogens is 200 g/mol. The number of rotatable bonds is 2. The Balaban J connectivity index is 2.42. The fraction of sp³-hybridized carbons (Fsp3) is 0.125. The van der Waals surface area contributed by atoms with Crippen molar-refractivity contribution in [3.8, 4) is 5.75 Å². The highest BCUT2D eigenvalue weighted by Crippen LogP contribution is 2.27. The van der Waals surface area contributed by atoms with E-state index in [0.29, 0.717) is 5.56 Å². The van der Waals surface area contributed by atoms with Crippen molar-refractivity contribution in [2.45, 2.75) is 6.17 Å². The summed E-state index contributed by atoms with van der Waals surface area (Å²) in [7, 11) is 0. The number of hydrogen-bond donors (Lipinski definition) is 2. The lowest BCUT2D eigenvalue weighted by Crippen LogP contribution is -1.99. The van der Waals surface area contributed by atoms with Gasteiger partial charge in [0.25, 0.3) is 0 Å². The van der Waals surface area contributed by atoms with Gasteiger partial charge < -0.3 is 10.2 Å². The summed E-state index contributed by atoms with van der Waals surface area (Å²) in [6.07, 6.45) is -0.608. The predicted octanol–water partition coefficient (Wildman–Crippen LogP) is 1.92. The Morgan fingerprint density at radius 3 is 2.53 bits per heavy atom. The molecule has 1 aromatic carbocycles. The number of hydrogen-bond acceptors (Lipinski definition) is 6. The molecule has 0 radical (unpaired) electrons. The molecule has 76 valence electrons. The molecule has 0 bridgehead atoms. The monoisotopic (exact) mass is 206 g/mol. The van der Waals surface area contributed by atoms with Crippen LogP contribution in [-0.2, 0) is 0 Å². The molecular formula is C8H6N4O3. The van der Waals surface area contributed by atoms with E-state index in [1.165, 1.54) is 18.2 Å². The minimum absolute atomic E-state index is 0.190. The number of nitrogens with zero attached hydrogens (tertiary/aromatic N) is 4. The molecule has 2 N–H and O–H groups in total. The normalized spacial score (nSPS) is 14.7. The Hall–Kier alpha value is -2.31. The van der Waals surface area contributed by atoms with Crippen molar-refractivity contribution in [1.82, 2.24) is 0 Å². The van der Waals surface area contributed by atoms with Crippen molar-refractivity contribution >= 4 is 5.97 Å². The minimum Gasteiger partial charge on any atom is -0.507 e. The van der Waals surface area contributed by atoms with Gasteiger partial charge in [-0.05, 0) is 22.6 Å². The molecule has 0 atom stereocenters. The van der Waals surface area contributed by atoms with Crippen LogP contribution < -0.4 is 0 Å². The number of carbonyl (C=O) groups is 1. The standard InChI is InChI=1S/C8H6N4O3/c13-6-2-1-4(3-5(6)8(14)15)7-9-11-12-10-7/h1-3,7,13H,(H,14,15). The second-order valence-electron chi connectivity index (χ2n) is 2.87. The lowest BCUT2D eigenvalue weighted by molar-refractivity contribution is 0.0693. The lowest BCUT2D eigenvalue weighted by atomic mass is 10.1. The topological polar surface area (TPSA) is 107 Å². The maximum absolute atomic E-state index is 10.7. The fourth-order valence-electron chi connectivity index (χ4n) is 1.19. The Bertz CT molecular complexity index is 457. The third-order valence-corrected chi connectivity index (χ3v) is 1.91. The summed E-state index contributed by atoms with van der Waals surface area (Å²) in [5, 5.41) is 32.0. The van der Waals surface area contributed by atoms with Crippen LogP contribution >= 0.6 is 0 Å². The Kier molecular flexibility index (Phi) is 2.13. The SMILES string of the molecule is O=C(O)c1cc(C2N=NN=N2)ccc1O. The van der Waals surface area contributed by atoms with E-state index >= 15 is 0 Å². The zero-order valence-corrected chi connectivity index (χ0v) is 7.40. The van der Waals surface area contributed by atoms with E-state index in [1.54, 1.807) is 0 Å². The highest BCUT2D eigenvalue weighted by Gasteiger charge is 2.17. The number of benzene rings is 1. The Labute approximate surface area is 83.8 Å². The van der Waals surface area contributed by atoms with Crippen LogP contribution in [0.3, 0.4) is 0 Å². The zero-order valence-electron chi connectivity index (χ0n) is 7.40. The Morgan fingerprint density at radius 2 is 1.93 bits per heavy atom. The second-order valence-corrected chi connectivity index (χ2v) is 2.87. The van der Waals surface area contributed by atoms with E-state index in [4.69, 9.17) is 5.11 Å². The third kappa shape index (κ3) is 1.66. The summed E-state index contributed by atoms with van der Waals surface area (Å²) in [4.78, 5) is 10.7. The second kappa shape index (κ2) is 3.45. The first-order chi connectivity index (χ1) is 7.18. The van der Waals surface area contributed by atoms with E-state index in [2.05, 4.69) is 20.7 Å². The molecule has 0 saturated carbocycles. The maximum Gasteiger partial charge on any atom is 0.339 e. The minimum atomic E-state index is -1.21. The van der Waals surface area contributed by atoms with E-state index in [0.717, 1.165) is 0 Å². The van der Waals surface area contributed by atoms with Gasteiger partial charge in [-0.1, -0.05) is 6.07 Å². The first-order valence-corrected chi connectivity index (χ1v) is 4.04. The molecule has 0 aromatic heterocycles. The molecule has 15 heavy (non-hydrogen) atoms. The number of phenols is 1. The van der Waals surface area contributed by atoms with Crippen LogP contribution in [0.25, 0.3) is 0 Å². The molecule has 0 unspecified atom stereocenters. The highest BCUT2D eigenvalue weighted by molar-refractivity contribution is 5.90. The summed E-state index contributed by atoms with van der Waals surface area (Å²) in [6.45, 7) is 0. The fourth-order valence-corrected chi connectivity index (χ4v) is 1.19. The smallest absolute Gasteiger partial charge is 0.339 e. The molecule has 1 aliphatic heterocycles. The predicted molar refractivity (Wildman–Crippen MR) is 47.5 cm³/mol. The molecule has 7 nitrogen and oxygen atoms in total.